The molecule has 0 unspecified atom stereocenters. The molecule has 1 aromatic carbocycles. The van der Waals surface area contributed by atoms with Crippen molar-refractivity contribution in [3.8, 4) is 11.5 Å². The molecular weight excluding hydrogens is 451 g/mol. The van der Waals surface area contributed by atoms with E-state index in [0.29, 0.717) is 62.3 Å². The number of nitrogens with zero attached hydrogens (tertiary/aromatic N) is 3. The average molecular weight is 477 g/mol. The van der Waals surface area contributed by atoms with Gasteiger partial charge in [-0.2, -0.15) is 13.2 Å². The highest BCUT2D eigenvalue weighted by atomic mass is 19.4. The number of benzene rings is 1. The molecule has 2 fully saturated rings. The van der Waals surface area contributed by atoms with Crippen molar-refractivity contribution in [3.05, 3.63) is 42.2 Å². The van der Waals surface area contributed by atoms with E-state index in [1.54, 1.807) is 29.2 Å². The van der Waals surface area contributed by atoms with Gasteiger partial charge in [0.1, 0.15) is 29.9 Å². The number of amides is 1. The first-order valence-corrected chi connectivity index (χ1v) is 11.5. The molecule has 1 aromatic heterocycles. The Labute approximate surface area is 195 Å². The second-order valence-electron chi connectivity index (χ2n) is 8.73. The predicted octanol–water partition coefficient (Wildman–Crippen LogP) is 4.04. The van der Waals surface area contributed by atoms with Crippen molar-refractivity contribution in [2.45, 2.75) is 31.5 Å². The van der Waals surface area contributed by atoms with Gasteiger partial charge in [0.05, 0.1) is 18.8 Å². The van der Waals surface area contributed by atoms with E-state index >= 15 is 0 Å². The summed E-state index contributed by atoms with van der Waals surface area (Å²) in [6, 6.07) is 7.93. The lowest BCUT2D eigenvalue weighted by Gasteiger charge is -2.32. The molecule has 182 valence electrons. The zero-order valence-electron chi connectivity index (χ0n) is 18.6. The molecule has 4 heterocycles. The number of halogens is 3. The molecule has 0 radical (unpaired) electrons. The van der Waals surface area contributed by atoms with Crippen molar-refractivity contribution in [2.24, 2.45) is 5.92 Å². The zero-order chi connectivity index (χ0) is 23.7. The summed E-state index contributed by atoms with van der Waals surface area (Å²) in [6.07, 6.45) is -1.26. The number of alkyl halides is 3. The van der Waals surface area contributed by atoms with Gasteiger partial charge in [-0.05, 0) is 37.1 Å². The number of pyridine rings is 1. The molecule has 3 aliphatic rings. The molecule has 34 heavy (non-hydrogen) atoms. The number of aromatic nitrogens is 1. The first kappa shape index (κ1) is 22.8. The van der Waals surface area contributed by atoms with Crippen LogP contribution in [0.3, 0.4) is 0 Å². The van der Waals surface area contributed by atoms with Crippen LogP contribution in [0.15, 0.2) is 36.5 Å². The summed E-state index contributed by atoms with van der Waals surface area (Å²) in [5, 5.41) is 0. The number of ether oxygens (including phenoxy) is 3. The van der Waals surface area contributed by atoms with Crippen LogP contribution in [0, 0.1) is 5.92 Å². The molecule has 2 saturated heterocycles. The maximum Gasteiger partial charge on any atom is 0.433 e. The van der Waals surface area contributed by atoms with Gasteiger partial charge in [-0.1, -0.05) is 0 Å². The van der Waals surface area contributed by atoms with E-state index in [-0.39, 0.29) is 17.9 Å². The molecule has 7 nitrogen and oxygen atoms in total. The topological polar surface area (TPSA) is 64.1 Å². The maximum absolute atomic E-state index is 13.2. The number of fused-ring (bicyclic) bond motifs is 1. The number of likely N-dealkylation sites (tertiary alicyclic amines) is 1. The minimum atomic E-state index is -4.52. The van der Waals surface area contributed by atoms with Gasteiger partial charge in [-0.25, -0.2) is 0 Å². The van der Waals surface area contributed by atoms with E-state index < -0.39 is 11.9 Å². The number of hydrogen-bond donors (Lipinski definition) is 0. The Hall–Kier alpha value is -3.01. The van der Waals surface area contributed by atoms with E-state index in [0.717, 1.165) is 31.5 Å². The van der Waals surface area contributed by atoms with E-state index in [4.69, 9.17) is 14.2 Å². The molecule has 1 amide bonds. The summed E-state index contributed by atoms with van der Waals surface area (Å²) in [6.45, 7) is 3.17. The first-order chi connectivity index (χ1) is 16.4. The van der Waals surface area contributed by atoms with Crippen LogP contribution in [0.4, 0.5) is 24.5 Å². The quantitative estimate of drug-likeness (QED) is 0.663. The van der Waals surface area contributed by atoms with Crippen molar-refractivity contribution in [1.29, 1.82) is 0 Å². The number of hydrogen-bond acceptors (Lipinski definition) is 6. The van der Waals surface area contributed by atoms with Crippen LogP contribution in [-0.2, 0) is 15.7 Å². The summed E-state index contributed by atoms with van der Waals surface area (Å²) >= 11 is 0. The fraction of sp³-hybridized carbons (Fsp3) is 0.500. The van der Waals surface area contributed by atoms with Crippen LogP contribution in [-0.4, -0.2) is 61.3 Å². The Morgan fingerprint density at radius 3 is 2.68 bits per heavy atom. The van der Waals surface area contributed by atoms with Crippen LogP contribution >= 0.6 is 0 Å². The fourth-order valence-electron chi connectivity index (χ4n) is 4.70. The lowest BCUT2D eigenvalue weighted by atomic mass is 9.99. The molecule has 2 aromatic rings. The molecule has 0 saturated carbocycles. The highest BCUT2D eigenvalue weighted by molar-refractivity contribution is 5.79. The summed E-state index contributed by atoms with van der Waals surface area (Å²) < 4.78 is 56.8. The number of carbonyl (C=O) groups excluding carboxylic acids is 1. The van der Waals surface area contributed by atoms with E-state index in [9.17, 15) is 18.0 Å². The molecule has 5 rings (SSSR count). The Bertz CT molecular complexity index is 1040. The molecule has 0 bridgehead atoms. The molecule has 0 N–H and O–H groups in total. The molecule has 1 atom stereocenters. The van der Waals surface area contributed by atoms with Crippen LogP contribution in [0.25, 0.3) is 0 Å². The Balaban J connectivity index is 1.30. The molecule has 0 aliphatic carbocycles. The van der Waals surface area contributed by atoms with E-state index in [1.807, 2.05) is 4.90 Å². The average Bonchev–Trinajstić information content (AvgIpc) is 3.31. The smallest absolute Gasteiger partial charge is 0.433 e. The van der Waals surface area contributed by atoms with E-state index in [2.05, 4.69) is 4.98 Å². The van der Waals surface area contributed by atoms with E-state index in [1.165, 1.54) is 0 Å². The van der Waals surface area contributed by atoms with Gasteiger partial charge in [-0.3, -0.25) is 9.78 Å². The third-order valence-corrected chi connectivity index (χ3v) is 6.47. The van der Waals surface area contributed by atoms with Crippen molar-refractivity contribution in [2.75, 3.05) is 44.4 Å². The second kappa shape index (κ2) is 9.32. The standard InChI is InChI=1S/C24H26F3N3O4/c25-24(26,27)22-13-17(3-7-28-22)30-9-12-33-21-2-1-18(14-20(21)30)34-19-4-8-29(15-19)23(31)16-5-10-32-11-6-16/h1-3,7,13-14,16,19H,4-6,8-12,15H2/t19-/m0/s1. The highest BCUT2D eigenvalue weighted by Crippen LogP contribution is 2.40. The minimum Gasteiger partial charge on any atom is -0.490 e. The zero-order valence-corrected chi connectivity index (χ0v) is 18.6. The molecular formula is C24H26F3N3O4. The monoisotopic (exact) mass is 477 g/mol. The molecule has 3 aliphatic heterocycles. The van der Waals surface area contributed by atoms with Gasteiger partial charge in [0.25, 0.3) is 0 Å². The lowest BCUT2D eigenvalue weighted by Crippen LogP contribution is -2.38. The fourth-order valence-corrected chi connectivity index (χ4v) is 4.70. The third-order valence-electron chi connectivity index (χ3n) is 6.47. The minimum absolute atomic E-state index is 0.0175. The Morgan fingerprint density at radius 1 is 1.06 bits per heavy atom. The van der Waals surface area contributed by atoms with Crippen LogP contribution in [0.5, 0.6) is 11.5 Å². The third kappa shape index (κ3) is 4.77. The predicted molar refractivity (Wildman–Crippen MR) is 117 cm³/mol. The summed E-state index contributed by atoms with van der Waals surface area (Å²) in [5.41, 5.74) is 0.0834. The lowest BCUT2D eigenvalue weighted by molar-refractivity contribution is -0.141. The SMILES string of the molecule is O=C(C1CCOCC1)N1CC[C@H](Oc2ccc3c(c2)N(c2ccnc(C(F)(F)F)c2)CCO3)C1. The summed E-state index contributed by atoms with van der Waals surface area (Å²) in [7, 11) is 0. The first-order valence-electron chi connectivity index (χ1n) is 11.5. The summed E-state index contributed by atoms with van der Waals surface area (Å²) in [5.74, 6) is 1.35. The van der Waals surface area contributed by atoms with Crippen molar-refractivity contribution >= 4 is 17.3 Å². The number of rotatable bonds is 4. The van der Waals surface area contributed by atoms with Gasteiger partial charge in [0.2, 0.25) is 5.91 Å². The number of carbonyl (C=O) groups is 1. The van der Waals surface area contributed by atoms with Crippen LogP contribution in [0.2, 0.25) is 0 Å². The van der Waals surface area contributed by atoms with Crippen molar-refractivity contribution in [1.82, 2.24) is 9.88 Å². The van der Waals surface area contributed by atoms with Gasteiger partial charge < -0.3 is 24.0 Å². The normalized spacial score (nSPS) is 21.2. The highest BCUT2D eigenvalue weighted by Gasteiger charge is 2.34. The maximum atomic E-state index is 13.2. The molecule has 0 spiro atoms. The number of anilines is 2. The largest absolute Gasteiger partial charge is 0.490 e. The van der Waals surface area contributed by atoms with Crippen LogP contribution < -0.4 is 14.4 Å². The van der Waals surface area contributed by atoms with Crippen molar-refractivity contribution < 1.29 is 32.2 Å². The Kier molecular flexibility index (Phi) is 6.24. The van der Waals surface area contributed by atoms with Gasteiger partial charge in [0, 0.05) is 50.0 Å². The second-order valence-corrected chi connectivity index (χ2v) is 8.73. The Morgan fingerprint density at radius 2 is 1.88 bits per heavy atom. The van der Waals surface area contributed by atoms with Gasteiger partial charge >= 0.3 is 6.18 Å². The van der Waals surface area contributed by atoms with Gasteiger partial charge in [-0.15, -0.1) is 0 Å². The van der Waals surface area contributed by atoms with Crippen molar-refractivity contribution in [3.63, 3.8) is 0 Å². The molecule has 10 heteroatoms. The summed E-state index contributed by atoms with van der Waals surface area (Å²) in [4.78, 5) is 19.9. The van der Waals surface area contributed by atoms with Crippen LogP contribution in [0.1, 0.15) is 25.0 Å². The van der Waals surface area contributed by atoms with Gasteiger partial charge in [0.15, 0.2) is 0 Å².